The number of amides is 1. The summed E-state index contributed by atoms with van der Waals surface area (Å²) in [7, 11) is -4.07. The average molecular weight is 427 g/mol. The number of aromatic nitrogens is 1. The lowest BCUT2D eigenvalue weighted by Crippen LogP contribution is -2.46. The fourth-order valence-corrected chi connectivity index (χ4v) is 3.95. The van der Waals surface area contributed by atoms with E-state index in [0.29, 0.717) is 12.3 Å². The summed E-state index contributed by atoms with van der Waals surface area (Å²) in [6, 6.07) is 7.49. The van der Waals surface area contributed by atoms with Crippen LogP contribution in [0.1, 0.15) is 23.6 Å². The number of benzene rings is 1. The average Bonchev–Trinajstić information content (AvgIpc) is 2.60. The molecule has 2 aromatic rings. The number of nitrogens with one attached hydrogen (secondary N) is 1. The molecule has 29 heavy (non-hydrogen) atoms. The standard InChI is InChI=1S/C18H16F3N3O4S/c1-11-3-5-13(6-4-11)29(27,28)10-17(2,26)16(25)24-15-7-14(18(19,20)21)12(8-22)9-23-15/h3-7,9,26H,10H2,1-2H3,(H,23,24,25)/t17-/m0/s1. The molecule has 0 aliphatic carbocycles. The largest absolute Gasteiger partial charge is 0.417 e. The number of anilines is 1. The predicted octanol–water partition coefficient (Wildman–Crippen LogP) is 2.44. The van der Waals surface area contributed by atoms with Crippen LogP contribution < -0.4 is 5.32 Å². The molecule has 0 aliphatic rings. The highest BCUT2D eigenvalue weighted by molar-refractivity contribution is 7.91. The van der Waals surface area contributed by atoms with Crippen molar-refractivity contribution in [1.82, 2.24) is 4.98 Å². The van der Waals surface area contributed by atoms with E-state index in [1.54, 1.807) is 19.1 Å². The van der Waals surface area contributed by atoms with E-state index in [2.05, 4.69) is 4.98 Å². The molecule has 154 valence electrons. The highest BCUT2D eigenvalue weighted by atomic mass is 32.2. The van der Waals surface area contributed by atoms with E-state index in [9.17, 15) is 31.5 Å². The van der Waals surface area contributed by atoms with Crippen LogP contribution in [0.2, 0.25) is 0 Å². The number of hydrogen-bond donors (Lipinski definition) is 2. The summed E-state index contributed by atoms with van der Waals surface area (Å²) in [5, 5.41) is 21.0. The van der Waals surface area contributed by atoms with Crippen molar-refractivity contribution in [2.75, 3.05) is 11.1 Å². The first kappa shape index (κ1) is 22.3. The monoisotopic (exact) mass is 427 g/mol. The van der Waals surface area contributed by atoms with Gasteiger partial charge in [-0.3, -0.25) is 4.79 Å². The first-order chi connectivity index (χ1) is 13.3. The number of nitrogens with zero attached hydrogens (tertiary/aromatic N) is 2. The zero-order chi connectivity index (χ0) is 22.0. The minimum atomic E-state index is -4.87. The topological polar surface area (TPSA) is 120 Å². The molecule has 0 saturated heterocycles. The molecule has 0 fully saturated rings. The van der Waals surface area contributed by atoms with Gasteiger partial charge in [-0.05, 0) is 32.0 Å². The Morgan fingerprint density at radius 1 is 1.28 bits per heavy atom. The molecule has 2 rings (SSSR count). The molecule has 7 nitrogen and oxygen atoms in total. The lowest BCUT2D eigenvalue weighted by Gasteiger charge is -2.22. The smallest absolute Gasteiger partial charge is 0.379 e. The van der Waals surface area contributed by atoms with Gasteiger partial charge in [0.05, 0.1) is 21.8 Å². The second-order valence-corrected chi connectivity index (χ2v) is 8.51. The Balaban J connectivity index is 2.25. The summed E-state index contributed by atoms with van der Waals surface area (Å²) in [6.07, 6.45) is -4.25. The van der Waals surface area contributed by atoms with Gasteiger partial charge in [0, 0.05) is 6.20 Å². The third-order valence-corrected chi connectivity index (χ3v) is 5.84. The zero-order valence-electron chi connectivity index (χ0n) is 15.3. The minimum absolute atomic E-state index is 0.118. The van der Waals surface area contributed by atoms with Gasteiger partial charge in [-0.25, -0.2) is 13.4 Å². The van der Waals surface area contributed by atoms with Crippen LogP contribution in [0.5, 0.6) is 0 Å². The van der Waals surface area contributed by atoms with Gasteiger partial charge in [-0.2, -0.15) is 18.4 Å². The molecule has 0 aliphatic heterocycles. The van der Waals surface area contributed by atoms with Crippen molar-refractivity contribution in [1.29, 1.82) is 5.26 Å². The molecule has 1 aromatic heterocycles. The van der Waals surface area contributed by atoms with E-state index < -0.39 is 50.2 Å². The number of sulfone groups is 1. The molecule has 0 spiro atoms. The maximum absolute atomic E-state index is 13.0. The third-order valence-electron chi connectivity index (χ3n) is 3.91. The highest BCUT2D eigenvalue weighted by Gasteiger charge is 2.38. The Morgan fingerprint density at radius 3 is 2.38 bits per heavy atom. The number of carbonyl (C=O) groups is 1. The molecule has 1 aromatic carbocycles. The Kier molecular flexibility index (Phi) is 6.01. The number of pyridine rings is 1. The molecule has 0 unspecified atom stereocenters. The number of halogens is 3. The Morgan fingerprint density at radius 2 is 1.86 bits per heavy atom. The van der Waals surface area contributed by atoms with Crippen LogP contribution in [0.15, 0.2) is 41.4 Å². The normalized spacial score (nSPS) is 14.0. The number of hydrogen-bond acceptors (Lipinski definition) is 6. The second-order valence-electron chi connectivity index (χ2n) is 6.52. The van der Waals surface area contributed by atoms with Gasteiger partial charge in [0.25, 0.3) is 5.91 Å². The quantitative estimate of drug-likeness (QED) is 0.756. The summed E-state index contributed by atoms with van der Waals surface area (Å²) in [6.45, 7) is 2.67. The van der Waals surface area contributed by atoms with Crippen molar-refractivity contribution in [3.63, 3.8) is 0 Å². The fourth-order valence-electron chi connectivity index (χ4n) is 2.36. The summed E-state index contributed by atoms with van der Waals surface area (Å²) in [5.74, 6) is -2.86. The van der Waals surface area contributed by atoms with Gasteiger partial charge < -0.3 is 10.4 Å². The molecule has 1 heterocycles. The number of aliphatic hydroxyl groups is 1. The molecule has 0 radical (unpaired) electrons. The molecule has 2 N–H and O–H groups in total. The SMILES string of the molecule is Cc1ccc(S(=O)(=O)C[C@](C)(O)C(=O)Nc2cc(C(F)(F)F)c(C#N)cn2)cc1. The fraction of sp³-hybridized carbons (Fsp3) is 0.278. The molecular formula is C18H16F3N3O4S. The van der Waals surface area contributed by atoms with Gasteiger partial charge >= 0.3 is 6.18 Å². The molecule has 0 bridgehead atoms. The van der Waals surface area contributed by atoms with Crippen LogP contribution in [-0.2, 0) is 20.8 Å². The Bertz CT molecular complexity index is 1070. The molecule has 1 atom stereocenters. The number of nitriles is 1. The zero-order valence-corrected chi connectivity index (χ0v) is 16.1. The summed E-state index contributed by atoms with van der Waals surface area (Å²) < 4.78 is 63.9. The third kappa shape index (κ3) is 5.30. The van der Waals surface area contributed by atoms with Gasteiger partial charge in [0.1, 0.15) is 11.9 Å². The van der Waals surface area contributed by atoms with E-state index in [-0.39, 0.29) is 4.90 Å². The highest BCUT2D eigenvalue weighted by Crippen LogP contribution is 2.33. The van der Waals surface area contributed by atoms with Crippen molar-refractivity contribution in [3.05, 3.63) is 53.2 Å². The summed E-state index contributed by atoms with van der Waals surface area (Å²) >= 11 is 0. The maximum atomic E-state index is 13.0. The van der Waals surface area contributed by atoms with E-state index in [4.69, 9.17) is 5.26 Å². The molecule has 1 amide bonds. The van der Waals surface area contributed by atoms with Crippen LogP contribution in [0.25, 0.3) is 0 Å². The van der Waals surface area contributed by atoms with Crippen LogP contribution in [-0.4, -0.2) is 35.8 Å². The van der Waals surface area contributed by atoms with Crippen molar-refractivity contribution in [3.8, 4) is 6.07 Å². The Hall–Kier alpha value is -2.97. The van der Waals surface area contributed by atoms with Crippen molar-refractivity contribution < 1.29 is 31.5 Å². The summed E-state index contributed by atoms with van der Waals surface area (Å²) in [4.78, 5) is 15.7. The number of aryl methyl sites for hydroxylation is 1. The van der Waals surface area contributed by atoms with Crippen LogP contribution >= 0.6 is 0 Å². The number of carbonyl (C=O) groups excluding carboxylic acids is 1. The predicted molar refractivity (Wildman–Crippen MR) is 96.4 cm³/mol. The van der Waals surface area contributed by atoms with Gasteiger partial charge in [-0.1, -0.05) is 17.7 Å². The van der Waals surface area contributed by atoms with E-state index in [1.807, 2.05) is 5.32 Å². The van der Waals surface area contributed by atoms with Crippen LogP contribution in [0.3, 0.4) is 0 Å². The number of alkyl halides is 3. The first-order valence-electron chi connectivity index (χ1n) is 8.07. The van der Waals surface area contributed by atoms with Crippen LogP contribution in [0.4, 0.5) is 19.0 Å². The number of rotatable bonds is 5. The van der Waals surface area contributed by atoms with E-state index in [1.165, 1.54) is 18.2 Å². The van der Waals surface area contributed by atoms with Gasteiger partial charge in [0.2, 0.25) is 0 Å². The maximum Gasteiger partial charge on any atom is 0.417 e. The Labute approximate surface area is 164 Å². The minimum Gasteiger partial charge on any atom is -0.379 e. The van der Waals surface area contributed by atoms with E-state index >= 15 is 0 Å². The van der Waals surface area contributed by atoms with Crippen molar-refractivity contribution in [2.24, 2.45) is 0 Å². The van der Waals surface area contributed by atoms with Crippen molar-refractivity contribution >= 4 is 21.6 Å². The first-order valence-corrected chi connectivity index (χ1v) is 9.72. The lowest BCUT2D eigenvalue weighted by molar-refractivity contribution is -0.138. The lowest BCUT2D eigenvalue weighted by atomic mass is 10.1. The van der Waals surface area contributed by atoms with E-state index in [0.717, 1.165) is 12.5 Å². The van der Waals surface area contributed by atoms with Gasteiger partial charge in [-0.15, -0.1) is 0 Å². The molecule has 11 heteroatoms. The van der Waals surface area contributed by atoms with Crippen LogP contribution in [0, 0.1) is 18.3 Å². The molecule has 0 saturated carbocycles. The van der Waals surface area contributed by atoms with Crippen molar-refractivity contribution in [2.45, 2.75) is 30.5 Å². The second kappa shape index (κ2) is 7.81. The molecular weight excluding hydrogens is 411 g/mol. The summed E-state index contributed by atoms with van der Waals surface area (Å²) in [5.41, 5.74) is -3.72. The van der Waals surface area contributed by atoms with Gasteiger partial charge in [0.15, 0.2) is 15.4 Å².